The Morgan fingerprint density at radius 3 is 2.94 bits per heavy atom. The number of nitriles is 1. The molecule has 5 nitrogen and oxygen atoms in total. The van der Waals surface area contributed by atoms with Gasteiger partial charge in [0, 0.05) is 10.9 Å². The van der Waals surface area contributed by atoms with Crippen LogP contribution in [0.5, 0.6) is 0 Å². The summed E-state index contributed by atoms with van der Waals surface area (Å²) in [5, 5.41) is 17.7. The van der Waals surface area contributed by atoms with E-state index in [0.29, 0.717) is 16.5 Å². The first-order chi connectivity index (χ1) is 7.51. The van der Waals surface area contributed by atoms with E-state index in [1.54, 1.807) is 19.9 Å². The van der Waals surface area contributed by atoms with Crippen molar-refractivity contribution in [2.45, 2.75) is 30.7 Å². The fraction of sp³-hybridized carbons (Fsp3) is 0.400. The van der Waals surface area contributed by atoms with Crippen LogP contribution >= 0.6 is 11.8 Å². The number of carbonyl (C=O) groups is 1. The van der Waals surface area contributed by atoms with Crippen LogP contribution < -0.4 is 0 Å². The van der Waals surface area contributed by atoms with Crippen molar-refractivity contribution in [3.8, 4) is 6.07 Å². The maximum Gasteiger partial charge on any atom is 0.304 e. The third kappa shape index (κ3) is 3.87. The van der Waals surface area contributed by atoms with Gasteiger partial charge < -0.3 is 5.11 Å². The van der Waals surface area contributed by atoms with E-state index in [0.717, 1.165) is 0 Å². The van der Waals surface area contributed by atoms with E-state index in [9.17, 15) is 4.79 Å². The number of aliphatic carboxylic acids is 1. The van der Waals surface area contributed by atoms with Gasteiger partial charge in [0.15, 0.2) is 5.16 Å². The number of nitrogens with zero attached hydrogens (tertiary/aromatic N) is 3. The first-order valence-electron chi connectivity index (χ1n) is 4.65. The van der Waals surface area contributed by atoms with Crippen LogP contribution in [0.4, 0.5) is 0 Å². The van der Waals surface area contributed by atoms with Gasteiger partial charge in [0.2, 0.25) is 0 Å². The SMILES string of the molecule is Cc1cc(C#N)nc(SC(C)CC(=O)O)n1. The van der Waals surface area contributed by atoms with Crippen LogP contribution in [-0.4, -0.2) is 26.3 Å². The Bertz CT molecular complexity index is 442. The molecule has 0 radical (unpaired) electrons. The van der Waals surface area contributed by atoms with Gasteiger partial charge in [-0.2, -0.15) is 5.26 Å². The highest BCUT2D eigenvalue weighted by Crippen LogP contribution is 2.22. The van der Waals surface area contributed by atoms with Crippen molar-refractivity contribution in [1.82, 2.24) is 9.97 Å². The molecule has 0 aliphatic rings. The van der Waals surface area contributed by atoms with E-state index in [1.807, 2.05) is 6.07 Å². The summed E-state index contributed by atoms with van der Waals surface area (Å²) in [6.07, 6.45) is 0.0455. The molecule has 0 aromatic carbocycles. The first kappa shape index (κ1) is 12.5. The Hall–Kier alpha value is -1.61. The molecule has 1 aromatic heterocycles. The van der Waals surface area contributed by atoms with E-state index in [4.69, 9.17) is 10.4 Å². The smallest absolute Gasteiger partial charge is 0.304 e. The zero-order valence-corrected chi connectivity index (χ0v) is 9.78. The number of rotatable bonds is 4. The molecule has 0 aliphatic carbocycles. The summed E-state index contributed by atoms with van der Waals surface area (Å²) < 4.78 is 0. The standard InChI is InChI=1S/C10H11N3O2S/c1-6-3-8(5-11)13-10(12-6)16-7(2)4-9(14)15/h3,7H,4H2,1-2H3,(H,14,15). The second-order valence-electron chi connectivity index (χ2n) is 3.32. The minimum Gasteiger partial charge on any atom is -0.481 e. The number of aryl methyl sites for hydroxylation is 1. The molecule has 84 valence electrons. The second kappa shape index (κ2) is 5.47. The van der Waals surface area contributed by atoms with Crippen LogP contribution in [-0.2, 0) is 4.79 Å². The van der Waals surface area contributed by atoms with Gasteiger partial charge in [0.05, 0.1) is 6.42 Å². The summed E-state index contributed by atoms with van der Waals surface area (Å²) in [6, 6.07) is 3.53. The fourth-order valence-electron chi connectivity index (χ4n) is 1.12. The topological polar surface area (TPSA) is 86.9 Å². The average molecular weight is 237 g/mol. The summed E-state index contributed by atoms with van der Waals surface area (Å²) in [5.41, 5.74) is 1.01. The molecule has 1 aromatic rings. The molecule has 0 bridgehead atoms. The normalized spacial score (nSPS) is 11.8. The fourth-order valence-corrected chi connectivity index (χ4v) is 2.05. The third-order valence-electron chi connectivity index (χ3n) is 1.72. The molecule has 1 rings (SSSR count). The van der Waals surface area contributed by atoms with Crippen molar-refractivity contribution in [2.75, 3.05) is 0 Å². The van der Waals surface area contributed by atoms with E-state index in [-0.39, 0.29) is 11.7 Å². The Balaban J connectivity index is 2.77. The molecular weight excluding hydrogens is 226 g/mol. The second-order valence-corrected chi connectivity index (χ2v) is 4.72. The van der Waals surface area contributed by atoms with Gasteiger partial charge in [-0.3, -0.25) is 4.79 Å². The van der Waals surface area contributed by atoms with Crippen molar-refractivity contribution >= 4 is 17.7 Å². The highest BCUT2D eigenvalue weighted by molar-refractivity contribution is 7.99. The molecule has 1 atom stereocenters. The zero-order chi connectivity index (χ0) is 12.1. The van der Waals surface area contributed by atoms with Gasteiger partial charge >= 0.3 is 5.97 Å². The largest absolute Gasteiger partial charge is 0.481 e. The van der Waals surface area contributed by atoms with E-state index >= 15 is 0 Å². The number of hydrogen-bond donors (Lipinski definition) is 1. The lowest BCUT2D eigenvalue weighted by molar-refractivity contribution is -0.136. The van der Waals surface area contributed by atoms with Gasteiger partial charge in [-0.15, -0.1) is 0 Å². The summed E-state index contributed by atoms with van der Waals surface area (Å²) in [4.78, 5) is 18.6. The Morgan fingerprint density at radius 1 is 1.69 bits per heavy atom. The lowest BCUT2D eigenvalue weighted by Gasteiger charge is -2.07. The van der Waals surface area contributed by atoms with E-state index in [1.165, 1.54) is 11.8 Å². The van der Waals surface area contributed by atoms with Gasteiger partial charge in [-0.25, -0.2) is 9.97 Å². The minimum absolute atomic E-state index is 0.0455. The van der Waals surface area contributed by atoms with Gasteiger partial charge in [-0.1, -0.05) is 18.7 Å². The predicted molar refractivity (Wildman–Crippen MR) is 59.1 cm³/mol. The monoisotopic (exact) mass is 237 g/mol. The summed E-state index contributed by atoms with van der Waals surface area (Å²) in [5.74, 6) is -0.854. The lowest BCUT2D eigenvalue weighted by atomic mass is 10.3. The van der Waals surface area contributed by atoms with E-state index < -0.39 is 5.97 Å². The Kier molecular flexibility index (Phi) is 4.26. The number of carboxylic acid groups (broad SMARTS) is 1. The molecule has 1 heterocycles. The van der Waals surface area contributed by atoms with E-state index in [2.05, 4.69) is 9.97 Å². The maximum atomic E-state index is 10.5. The molecule has 16 heavy (non-hydrogen) atoms. The Labute approximate surface area is 97.5 Å². The predicted octanol–water partition coefficient (Wildman–Crippen LogP) is 1.61. The zero-order valence-electron chi connectivity index (χ0n) is 8.97. The Morgan fingerprint density at radius 2 is 2.38 bits per heavy atom. The van der Waals surface area contributed by atoms with Crippen molar-refractivity contribution < 1.29 is 9.90 Å². The van der Waals surface area contributed by atoms with Crippen LogP contribution in [0.3, 0.4) is 0 Å². The number of carboxylic acids is 1. The maximum absolute atomic E-state index is 10.5. The van der Waals surface area contributed by atoms with Gasteiger partial charge in [0.25, 0.3) is 0 Å². The van der Waals surface area contributed by atoms with Crippen LogP contribution in [0.25, 0.3) is 0 Å². The molecule has 0 spiro atoms. The number of aromatic nitrogens is 2. The summed E-state index contributed by atoms with van der Waals surface area (Å²) >= 11 is 1.26. The molecular formula is C10H11N3O2S. The molecule has 1 N–H and O–H groups in total. The number of hydrogen-bond acceptors (Lipinski definition) is 5. The quantitative estimate of drug-likeness (QED) is 0.632. The van der Waals surface area contributed by atoms with Crippen LogP contribution in [0, 0.1) is 18.3 Å². The van der Waals surface area contributed by atoms with Crippen molar-refractivity contribution in [3.05, 3.63) is 17.5 Å². The molecule has 0 saturated heterocycles. The molecule has 0 saturated carbocycles. The lowest BCUT2D eigenvalue weighted by Crippen LogP contribution is -2.07. The molecule has 0 fully saturated rings. The van der Waals surface area contributed by atoms with Gasteiger partial charge in [-0.05, 0) is 13.0 Å². The minimum atomic E-state index is -0.854. The average Bonchev–Trinajstić information content (AvgIpc) is 2.14. The van der Waals surface area contributed by atoms with Crippen molar-refractivity contribution in [1.29, 1.82) is 5.26 Å². The van der Waals surface area contributed by atoms with Crippen LogP contribution in [0.2, 0.25) is 0 Å². The summed E-state index contributed by atoms with van der Waals surface area (Å²) in [6.45, 7) is 3.56. The highest BCUT2D eigenvalue weighted by atomic mass is 32.2. The summed E-state index contributed by atoms with van der Waals surface area (Å²) in [7, 11) is 0. The van der Waals surface area contributed by atoms with Crippen molar-refractivity contribution in [2.24, 2.45) is 0 Å². The van der Waals surface area contributed by atoms with Gasteiger partial charge in [0.1, 0.15) is 11.8 Å². The number of thioether (sulfide) groups is 1. The molecule has 0 aliphatic heterocycles. The molecule has 0 amide bonds. The molecule has 6 heteroatoms. The van der Waals surface area contributed by atoms with Crippen LogP contribution in [0.1, 0.15) is 24.7 Å². The highest BCUT2D eigenvalue weighted by Gasteiger charge is 2.12. The molecule has 1 unspecified atom stereocenters. The van der Waals surface area contributed by atoms with Crippen molar-refractivity contribution in [3.63, 3.8) is 0 Å². The van der Waals surface area contributed by atoms with Crippen LogP contribution in [0.15, 0.2) is 11.2 Å². The first-order valence-corrected chi connectivity index (χ1v) is 5.53. The third-order valence-corrected chi connectivity index (χ3v) is 2.68.